The summed E-state index contributed by atoms with van der Waals surface area (Å²) in [7, 11) is 3.35. The fraction of sp³-hybridized carbons (Fsp3) is 0.316. The van der Waals surface area contributed by atoms with Gasteiger partial charge in [-0.25, -0.2) is 0 Å². The average Bonchev–Trinajstić information content (AvgIpc) is 3.12. The molecule has 2 heterocycles. The van der Waals surface area contributed by atoms with E-state index in [4.69, 9.17) is 22.1 Å². The summed E-state index contributed by atoms with van der Waals surface area (Å²) in [5.74, 6) is 2.26. The van der Waals surface area contributed by atoms with Crippen LogP contribution in [0.5, 0.6) is 5.75 Å². The van der Waals surface area contributed by atoms with Crippen molar-refractivity contribution in [2.24, 2.45) is 0 Å². The third-order valence-corrected chi connectivity index (χ3v) is 4.57. The first-order chi connectivity index (χ1) is 12.8. The first kappa shape index (κ1) is 18.4. The minimum absolute atomic E-state index is 0.269. The number of rotatable bonds is 8. The monoisotopic (exact) mass is 370 g/mol. The number of benzene rings is 1. The Kier molecular flexibility index (Phi) is 6.25. The maximum Gasteiger partial charge on any atom is 0.167 e. The molecule has 136 valence electrons. The van der Waals surface area contributed by atoms with Crippen LogP contribution in [0.1, 0.15) is 23.2 Å². The van der Waals surface area contributed by atoms with Gasteiger partial charge in [0, 0.05) is 26.5 Å². The number of ether oxygens (including phenoxy) is 2. The van der Waals surface area contributed by atoms with Gasteiger partial charge in [0.25, 0.3) is 0 Å². The molecule has 0 aliphatic rings. The molecule has 0 amide bonds. The van der Waals surface area contributed by atoms with E-state index in [1.807, 2.05) is 42.5 Å². The van der Waals surface area contributed by atoms with Crippen LogP contribution in [0.25, 0.3) is 11.4 Å². The standard InChI is InChI=1S/C19H22N4O2S/c1-24-13-7-12-23-18(14-8-3-4-10-16(14)25-2)21-22-19(23)17(26)15-9-5-6-11-20-15/h3-6,8-11,17,26H,7,12-13H2,1-2H3. The molecule has 0 saturated carbocycles. The lowest BCUT2D eigenvalue weighted by Gasteiger charge is -2.15. The van der Waals surface area contributed by atoms with Crippen molar-refractivity contribution in [2.45, 2.75) is 18.2 Å². The lowest BCUT2D eigenvalue weighted by Crippen LogP contribution is -2.11. The van der Waals surface area contributed by atoms with E-state index in [-0.39, 0.29) is 5.25 Å². The topological polar surface area (TPSA) is 62.1 Å². The molecule has 3 aromatic rings. The van der Waals surface area contributed by atoms with Crippen molar-refractivity contribution in [1.29, 1.82) is 0 Å². The Morgan fingerprint density at radius 2 is 1.88 bits per heavy atom. The van der Waals surface area contributed by atoms with E-state index in [1.54, 1.807) is 20.4 Å². The molecule has 0 aliphatic carbocycles. The Bertz CT molecular complexity index is 839. The van der Waals surface area contributed by atoms with Crippen molar-refractivity contribution < 1.29 is 9.47 Å². The molecule has 0 spiro atoms. The van der Waals surface area contributed by atoms with E-state index in [0.29, 0.717) is 13.2 Å². The van der Waals surface area contributed by atoms with E-state index in [2.05, 4.69) is 19.7 Å². The highest BCUT2D eigenvalue weighted by Crippen LogP contribution is 2.32. The number of para-hydroxylation sites is 1. The maximum atomic E-state index is 5.50. The van der Waals surface area contributed by atoms with E-state index in [9.17, 15) is 0 Å². The molecular formula is C19H22N4O2S. The Morgan fingerprint density at radius 1 is 1.08 bits per heavy atom. The Morgan fingerprint density at radius 3 is 2.62 bits per heavy atom. The first-order valence-electron chi connectivity index (χ1n) is 8.40. The van der Waals surface area contributed by atoms with Crippen LogP contribution in [0, 0.1) is 0 Å². The highest BCUT2D eigenvalue weighted by molar-refractivity contribution is 7.80. The molecule has 7 heteroatoms. The third-order valence-electron chi connectivity index (χ3n) is 4.07. The third kappa shape index (κ3) is 3.89. The normalized spacial score (nSPS) is 12.1. The van der Waals surface area contributed by atoms with Crippen LogP contribution >= 0.6 is 12.6 Å². The lowest BCUT2D eigenvalue weighted by atomic mass is 10.1. The smallest absolute Gasteiger partial charge is 0.167 e. The Labute approximate surface area is 158 Å². The predicted octanol–water partition coefficient (Wildman–Crippen LogP) is 3.40. The molecule has 0 aliphatic heterocycles. The highest BCUT2D eigenvalue weighted by Gasteiger charge is 2.22. The van der Waals surface area contributed by atoms with Crippen LogP contribution in [0.2, 0.25) is 0 Å². The molecule has 0 bridgehead atoms. The summed E-state index contributed by atoms with van der Waals surface area (Å²) in [6.45, 7) is 1.37. The minimum Gasteiger partial charge on any atom is -0.496 e. The predicted molar refractivity (Wildman–Crippen MR) is 104 cm³/mol. The van der Waals surface area contributed by atoms with Gasteiger partial charge in [0.2, 0.25) is 0 Å². The summed E-state index contributed by atoms with van der Waals surface area (Å²) >= 11 is 4.75. The van der Waals surface area contributed by atoms with Crippen molar-refractivity contribution in [3.05, 3.63) is 60.2 Å². The number of thiol groups is 1. The number of nitrogens with zero attached hydrogens (tertiary/aromatic N) is 4. The van der Waals surface area contributed by atoms with Gasteiger partial charge in [-0.1, -0.05) is 18.2 Å². The van der Waals surface area contributed by atoms with Crippen LogP contribution in [-0.4, -0.2) is 40.6 Å². The molecule has 26 heavy (non-hydrogen) atoms. The van der Waals surface area contributed by atoms with Crippen LogP contribution in [0.4, 0.5) is 0 Å². The number of aromatic nitrogens is 4. The second-order valence-corrected chi connectivity index (χ2v) is 6.25. The van der Waals surface area contributed by atoms with Crippen molar-refractivity contribution in [1.82, 2.24) is 19.7 Å². The van der Waals surface area contributed by atoms with Gasteiger partial charge in [0.05, 0.1) is 18.4 Å². The van der Waals surface area contributed by atoms with Gasteiger partial charge in [0.15, 0.2) is 11.6 Å². The second kappa shape index (κ2) is 8.82. The first-order valence-corrected chi connectivity index (χ1v) is 8.92. The number of hydrogen-bond donors (Lipinski definition) is 1. The Hall–Kier alpha value is -2.38. The number of pyridine rings is 1. The second-order valence-electron chi connectivity index (χ2n) is 5.74. The molecule has 2 aromatic heterocycles. The van der Waals surface area contributed by atoms with E-state index in [1.165, 1.54) is 0 Å². The zero-order chi connectivity index (χ0) is 18.4. The number of hydrogen-bond acceptors (Lipinski definition) is 6. The van der Waals surface area contributed by atoms with E-state index in [0.717, 1.165) is 35.1 Å². The van der Waals surface area contributed by atoms with Crippen LogP contribution < -0.4 is 4.74 Å². The minimum atomic E-state index is -0.269. The van der Waals surface area contributed by atoms with Crippen molar-refractivity contribution in [3.8, 4) is 17.1 Å². The Balaban J connectivity index is 2.04. The molecule has 1 unspecified atom stereocenters. The SMILES string of the molecule is COCCCn1c(-c2ccccc2OC)nnc1C(S)c1ccccn1. The molecular weight excluding hydrogens is 348 g/mol. The molecule has 0 radical (unpaired) electrons. The summed E-state index contributed by atoms with van der Waals surface area (Å²) in [6, 6.07) is 13.6. The fourth-order valence-corrected chi connectivity index (χ4v) is 3.15. The van der Waals surface area contributed by atoms with Gasteiger partial charge in [-0.2, -0.15) is 12.6 Å². The van der Waals surface area contributed by atoms with Gasteiger partial charge in [-0.15, -0.1) is 10.2 Å². The van der Waals surface area contributed by atoms with Gasteiger partial charge >= 0.3 is 0 Å². The van der Waals surface area contributed by atoms with Crippen molar-refractivity contribution >= 4 is 12.6 Å². The highest BCUT2D eigenvalue weighted by atomic mass is 32.1. The van der Waals surface area contributed by atoms with Crippen LogP contribution in [0.3, 0.4) is 0 Å². The maximum absolute atomic E-state index is 5.50. The summed E-state index contributed by atoms with van der Waals surface area (Å²) in [5.41, 5.74) is 1.73. The quantitative estimate of drug-likeness (QED) is 0.486. The zero-order valence-corrected chi connectivity index (χ0v) is 15.8. The molecule has 1 aromatic carbocycles. The van der Waals surface area contributed by atoms with Gasteiger partial charge < -0.3 is 14.0 Å². The largest absolute Gasteiger partial charge is 0.496 e. The van der Waals surface area contributed by atoms with E-state index >= 15 is 0 Å². The van der Waals surface area contributed by atoms with E-state index < -0.39 is 0 Å². The molecule has 0 saturated heterocycles. The fourth-order valence-electron chi connectivity index (χ4n) is 2.80. The van der Waals surface area contributed by atoms with Crippen molar-refractivity contribution in [2.75, 3.05) is 20.8 Å². The summed E-state index contributed by atoms with van der Waals surface area (Å²) < 4.78 is 12.8. The van der Waals surface area contributed by atoms with Gasteiger partial charge in [-0.3, -0.25) is 4.98 Å². The van der Waals surface area contributed by atoms with Crippen LogP contribution in [0.15, 0.2) is 48.7 Å². The molecule has 1 atom stereocenters. The van der Waals surface area contributed by atoms with Gasteiger partial charge in [-0.05, 0) is 30.7 Å². The summed E-state index contributed by atoms with van der Waals surface area (Å²) in [6.07, 6.45) is 2.59. The molecule has 0 fully saturated rings. The number of methoxy groups -OCH3 is 2. The molecule has 3 rings (SSSR count). The zero-order valence-electron chi connectivity index (χ0n) is 14.9. The van der Waals surface area contributed by atoms with Crippen molar-refractivity contribution in [3.63, 3.8) is 0 Å². The molecule has 6 nitrogen and oxygen atoms in total. The molecule has 0 N–H and O–H groups in total. The summed E-state index contributed by atoms with van der Waals surface area (Å²) in [4.78, 5) is 4.40. The average molecular weight is 370 g/mol. The summed E-state index contributed by atoms with van der Waals surface area (Å²) in [5, 5.41) is 8.59. The van der Waals surface area contributed by atoms with Gasteiger partial charge in [0.1, 0.15) is 11.0 Å². The lowest BCUT2D eigenvalue weighted by molar-refractivity contribution is 0.190. The van der Waals surface area contributed by atoms with Crippen LogP contribution in [-0.2, 0) is 11.3 Å².